The zero-order valence-corrected chi connectivity index (χ0v) is 13.7. The smallest absolute Gasteiger partial charge is 0.327 e. The minimum absolute atomic E-state index is 0.192. The van der Waals surface area contributed by atoms with Gasteiger partial charge >= 0.3 is 5.97 Å². The molecule has 116 valence electrons. The van der Waals surface area contributed by atoms with Gasteiger partial charge in [0.05, 0.1) is 19.0 Å². The molecule has 1 fully saturated rings. The number of aromatic nitrogens is 2. The summed E-state index contributed by atoms with van der Waals surface area (Å²) >= 11 is 3.28. The molecule has 0 aromatic carbocycles. The SMILES string of the molecule is COC(=O)Cn1ncc(NC2CCN(C)CC2)c(Br)c1=O. The highest BCUT2D eigenvalue weighted by Gasteiger charge is 2.19. The second kappa shape index (κ2) is 7.04. The third kappa shape index (κ3) is 4.04. The van der Waals surface area contributed by atoms with Crippen LogP contribution in [-0.4, -0.2) is 53.9 Å². The molecule has 2 rings (SSSR count). The number of methoxy groups -OCH3 is 1. The molecule has 1 aromatic rings. The van der Waals surface area contributed by atoms with Gasteiger partial charge in [-0.15, -0.1) is 0 Å². The number of nitrogens with one attached hydrogen (secondary N) is 1. The number of halogens is 1. The van der Waals surface area contributed by atoms with Gasteiger partial charge in [0.1, 0.15) is 11.0 Å². The van der Waals surface area contributed by atoms with Crippen LogP contribution in [-0.2, 0) is 16.1 Å². The number of ether oxygens (including phenoxy) is 1. The molecule has 1 aliphatic heterocycles. The number of rotatable bonds is 4. The first-order valence-electron chi connectivity index (χ1n) is 6.78. The zero-order valence-electron chi connectivity index (χ0n) is 12.1. The van der Waals surface area contributed by atoms with E-state index in [1.165, 1.54) is 7.11 Å². The summed E-state index contributed by atoms with van der Waals surface area (Å²) in [5, 5.41) is 7.35. The second-order valence-corrected chi connectivity index (χ2v) is 5.93. The van der Waals surface area contributed by atoms with Crippen molar-refractivity contribution in [1.29, 1.82) is 0 Å². The Morgan fingerprint density at radius 3 is 2.81 bits per heavy atom. The van der Waals surface area contributed by atoms with Crippen LogP contribution in [0, 0.1) is 0 Å². The van der Waals surface area contributed by atoms with Gasteiger partial charge in [0.25, 0.3) is 5.56 Å². The van der Waals surface area contributed by atoms with Gasteiger partial charge < -0.3 is 15.0 Å². The monoisotopic (exact) mass is 358 g/mol. The van der Waals surface area contributed by atoms with E-state index in [1.54, 1.807) is 6.20 Å². The lowest BCUT2D eigenvalue weighted by molar-refractivity contribution is -0.141. The maximum Gasteiger partial charge on any atom is 0.327 e. The molecule has 0 bridgehead atoms. The average molecular weight is 359 g/mol. The largest absolute Gasteiger partial charge is 0.468 e. The second-order valence-electron chi connectivity index (χ2n) is 5.13. The molecular weight excluding hydrogens is 340 g/mol. The number of likely N-dealkylation sites (tertiary alicyclic amines) is 1. The van der Waals surface area contributed by atoms with Crippen molar-refractivity contribution in [1.82, 2.24) is 14.7 Å². The van der Waals surface area contributed by atoms with Crippen LogP contribution < -0.4 is 10.9 Å². The Morgan fingerprint density at radius 2 is 2.19 bits per heavy atom. The molecule has 0 amide bonds. The molecule has 8 heteroatoms. The van der Waals surface area contributed by atoms with Crippen molar-refractivity contribution in [2.45, 2.75) is 25.4 Å². The van der Waals surface area contributed by atoms with Crippen molar-refractivity contribution in [2.75, 3.05) is 32.6 Å². The Morgan fingerprint density at radius 1 is 1.52 bits per heavy atom. The predicted molar refractivity (Wildman–Crippen MR) is 82.4 cm³/mol. The fraction of sp³-hybridized carbons (Fsp3) is 0.615. The highest BCUT2D eigenvalue weighted by molar-refractivity contribution is 9.10. The van der Waals surface area contributed by atoms with Crippen LogP contribution in [0.25, 0.3) is 0 Å². The van der Waals surface area contributed by atoms with Crippen LogP contribution >= 0.6 is 15.9 Å². The number of piperidine rings is 1. The first kappa shape index (κ1) is 16.0. The summed E-state index contributed by atoms with van der Waals surface area (Å²) in [6, 6.07) is 0.329. The van der Waals surface area contributed by atoms with Gasteiger partial charge in [-0.1, -0.05) is 0 Å². The summed E-state index contributed by atoms with van der Waals surface area (Å²) < 4.78 is 6.00. The van der Waals surface area contributed by atoms with Crippen molar-refractivity contribution in [3.8, 4) is 0 Å². The van der Waals surface area contributed by atoms with Crippen LogP contribution in [0.4, 0.5) is 5.69 Å². The first-order valence-corrected chi connectivity index (χ1v) is 7.58. The molecule has 0 radical (unpaired) electrons. The molecule has 1 saturated heterocycles. The summed E-state index contributed by atoms with van der Waals surface area (Å²) in [4.78, 5) is 25.6. The lowest BCUT2D eigenvalue weighted by Gasteiger charge is -2.30. The Balaban J connectivity index is 2.09. The number of carbonyl (C=O) groups excluding carboxylic acids is 1. The lowest BCUT2D eigenvalue weighted by Crippen LogP contribution is -2.37. The normalized spacial score (nSPS) is 16.7. The van der Waals surface area contributed by atoms with Crippen molar-refractivity contribution < 1.29 is 9.53 Å². The number of anilines is 1. The molecule has 1 aromatic heterocycles. The highest BCUT2D eigenvalue weighted by atomic mass is 79.9. The lowest BCUT2D eigenvalue weighted by atomic mass is 10.1. The van der Waals surface area contributed by atoms with Crippen LogP contribution in [0.1, 0.15) is 12.8 Å². The Bertz CT molecular complexity index is 567. The summed E-state index contributed by atoms with van der Waals surface area (Å²) in [6.07, 6.45) is 3.61. The van der Waals surface area contributed by atoms with Gasteiger partial charge in [-0.3, -0.25) is 9.59 Å². The number of nitrogens with zero attached hydrogens (tertiary/aromatic N) is 3. The van der Waals surface area contributed by atoms with Gasteiger partial charge in [0, 0.05) is 6.04 Å². The number of carbonyl (C=O) groups is 1. The van der Waals surface area contributed by atoms with Crippen molar-refractivity contribution in [3.05, 3.63) is 21.0 Å². The molecule has 0 spiro atoms. The molecule has 2 heterocycles. The van der Waals surface area contributed by atoms with Gasteiger partial charge in [0.2, 0.25) is 0 Å². The zero-order chi connectivity index (χ0) is 15.4. The summed E-state index contributed by atoms with van der Waals surface area (Å²) in [7, 11) is 3.38. The number of hydrogen-bond acceptors (Lipinski definition) is 6. The van der Waals surface area contributed by atoms with Crippen LogP contribution in [0.5, 0.6) is 0 Å². The average Bonchev–Trinajstić information content (AvgIpc) is 2.49. The minimum atomic E-state index is -0.507. The fourth-order valence-electron chi connectivity index (χ4n) is 2.24. The molecule has 1 N–H and O–H groups in total. The van der Waals surface area contributed by atoms with E-state index < -0.39 is 5.97 Å². The Kier molecular flexibility index (Phi) is 5.35. The Hall–Kier alpha value is -1.41. The predicted octanol–water partition coefficient (Wildman–Crippen LogP) is 0.685. The topological polar surface area (TPSA) is 76.5 Å². The Labute approximate surface area is 131 Å². The van der Waals surface area contributed by atoms with Crippen LogP contribution in [0.2, 0.25) is 0 Å². The summed E-state index contributed by atoms with van der Waals surface area (Å²) in [5.74, 6) is -0.507. The van der Waals surface area contributed by atoms with E-state index in [1.807, 2.05) is 0 Å². The summed E-state index contributed by atoms with van der Waals surface area (Å²) in [6.45, 7) is 1.87. The summed E-state index contributed by atoms with van der Waals surface area (Å²) in [5.41, 5.74) is 0.314. The van der Waals surface area contributed by atoms with Gasteiger partial charge in [-0.2, -0.15) is 5.10 Å². The van der Waals surface area contributed by atoms with Gasteiger partial charge in [-0.25, -0.2) is 4.68 Å². The quantitative estimate of drug-likeness (QED) is 0.797. The molecule has 7 nitrogen and oxygen atoms in total. The maximum absolute atomic E-state index is 12.1. The fourth-order valence-corrected chi connectivity index (χ4v) is 2.66. The third-order valence-electron chi connectivity index (χ3n) is 3.57. The molecule has 1 aliphatic rings. The first-order chi connectivity index (χ1) is 10.0. The van der Waals surface area contributed by atoms with Crippen molar-refractivity contribution in [3.63, 3.8) is 0 Å². The molecular formula is C13H19BrN4O3. The van der Waals surface area contributed by atoms with E-state index >= 15 is 0 Å². The number of hydrogen-bond donors (Lipinski definition) is 1. The van der Waals surface area contributed by atoms with E-state index in [4.69, 9.17) is 0 Å². The molecule has 0 unspecified atom stereocenters. The molecule has 21 heavy (non-hydrogen) atoms. The minimum Gasteiger partial charge on any atom is -0.468 e. The highest BCUT2D eigenvalue weighted by Crippen LogP contribution is 2.20. The van der Waals surface area contributed by atoms with E-state index in [9.17, 15) is 9.59 Å². The number of esters is 1. The molecule has 0 aliphatic carbocycles. The van der Waals surface area contributed by atoms with Crippen molar-refractivity contribution >= 4 is 27.6 Å². The maximum atomic E-state index is 12.1. The van der Waals surface area contributed by atoms with Crippen LogP contribution in [0.3, 0.4) is 0 Å². The third-order valence-corrected chi connectivity index (χ3v) is 4.34. The van der Waals surface area contributed by atoms with E-state index in [-0.39, 0.29) is 12.1 Å². The van der Waals surface area contributed by atoms with E-state index in [0.29, 0.717) is 16.2 Å². The van der Waals surface area contributed by atoms with Crippen molar-refractivity contribution in [2.24, 2.45) is 0 Å². The van der Waals surface area contributed by atoms with E-state index in [2.05, 4.69) is 43.0 Å². The standard InChI is InChI=1S/C13H19BrN4O3/c1-17-5-3-9(4-6-17)16-10-7-15-18(8-11(19)21-2)13(20)12(10)14/h7,9,16H,3-6,8H2,1-2H3. The van der Waals surface area contributed by atoms with Gasteiger partial charge in [-0.05, 0) is 48.9 Å². The van der Waals surface area contributed by atoms with Gasteiger partial charge in [0.15, 0.2) is 0 Å². The molecule has 0 saturated carbocycles. The van der Waals surface area contributed by atoms with E-state index in [0.717, 1.165) is 30.6 Å². The van der Waals surface area contributed by atoms with Crippen LogP contribution in [0.15, 0.2) is 15.5 Å². The molecule has 0 atom stereocenters.